The SMILES string of the molecule is COC(=O)[C@@H]([C@@H](CCOCc1ccccc1)NCc1ccccc1)[C@@H](C)O[Si](C)(C)C(C)(C)C. The number of methoxy groups -OCH3 is 1. The number of nitrogens with one attached hydrogen (secondary N) is 1. The van der Waals surface area contributed by atoms with Gasteiger partial charge in [0.25, 0.3) is 0 Å². The molecular formula is C28H43NO4Si. The molecule has 3 atom stereocenters. The van der Waals surface area contributed by atoms with Gasteiger partial charge in [-0.15, -0.1) is 0 Å². The van der Waals surface area contributed by atoms with Gasteiger partial charge in [0.05, 0.1) is 25.7 Å². The first-order chi connectivity index (χ1) is 16.0. The second-order valence-electron chi connectivity index (χ2n) is 10.4. The highest BCUT2D eigenvalue weighted by Crippen LogP contribution is 2.38. The Labute approximate surface area is 207 Å². The first-order valence-corrected chi connectivity index (χ1v) is 15.1. The zero-order valence-corrected chi connectivity index (χ0v) is 23.0. The molecule has 2 aromatic carbocycles. The van der Waals surface area contributed by atoms with E-state index >= 15 is 0 Å². The molecule has 0 heterocycles. The van der Waals surface area contributed by atoms with Crippen molar-refractivity contribution in [2.45, 2.75) is 77.5 Å². The summed E-state index contributed by atoms with van der Waals surface area (Å²) in [5.74, 6) is -0.692. The van der Waals surface area contributed by atoms with E-state index in [0.717, 1.165) is 5.56 Å². The van der Waals surface area contributed by atoms with Gasteiger partial charge in [0, 0.05) is 19.2 Å². The molecule has 0 amide bonds. The van der Waals surface area contributed by atoms with E-state index in [0.29, 0.717) is 26.2 Å². The van der Waals surface area contributed by atoms with Gasteiger partial charge in [-0.3, -0.25) is 4.79 Å². The van der Waals surface area contributed by atoms with E-state index in [1.165, 1.54) is 12.7 Å². The Morgan fingerprint density at radius 2 is 1.53 bits per heavy atom. The number of hydrogen-bond acceptors (Lipinski definition) is 5. The summed E-state index contributed by atoms with van der Waals surface area (Å²) in [5.41, 5.74) is 2.30. The Morgan fingerprint density at radius 1 is 0.971 bits per heavy atom. The van der Waals surface area contributed by atoms with Gasteiger partial charge in [0.2, 0.25) is 0 Å². The molecule has 0 saturated carbocycles. The van der Waals surface area contributed by atoms with Crippen molar-refractivity contribution in [2.24, 2.45) is 5.92 Å². The van der Waals surface area contributed by atoms with Crippen LogP contribution in [0.25, 0.3) is 0 Å². The Kier molecular flexibility index (Phi) is 11.0. The van der Waals surface area contributed by atoms with Crippen LogP contribution >= 0.6 is 0 Å². The second kappa shape index (κ2) is 13.2. The molecular weight excluding hydrogens is 442 g/mol. The molecule has 0 unspecified atom stereocenters. The Balaban J connectivity index is 2.16. The molecule has 0 fully saturated rings. The highest BCUT2D eigenvalue weighted by Gasteiger charge is 2.43. The van der Waals surface area contributed by atoms with Crippen molar-refractivity contribution in [1.29, 1.82) is 0 Å². The molecule has 0 radical (unpaired) electrons. The number of esters is 1. The predicted octanol–water partition coefficient (Wildman–Crippen LogP) is 5.95. The number of carbonyl (C=O) groups excluding carboxylic acids is 1. The number of carbonyl (C=O) groups is 1. The van der Waals surface area contributed by atoms with E-state index in [-0.39, 0.29) is 23.2 Å². The molecule has 0 spiro atoms. The van der Waals surface area contributed by atoms with E-state index in [2.05, 4.69) is 63.4 Å². The third-order valence-corrected chi connectivity index (χ3v) is 11.4. The van der Waals surface area contributed by atoms with Crippen LogP contribution < -0.4 is 5.32 Å². The predicted molar refractivity (Wildman–Crippen MR) is 141 cm³/mol. The number of benzene rings is 2. The van der Waals surface area contributed by atoms with Crippen molar-refractivity contribution >= 4 is 14.3 Å². The molecule has 2 rings (SSSR count). The number of rotatable bonds is 13. The van der Waals surface area contributed by atoms with E-state index in [9.17, 15) is 4.79 Å². The largest absolute Gasteiger partial charge is 0.469 e. The average molecular weight is 486 g/mol. The topological polar surface area (TPSA) is 56.8 Å². The molecule has 2 aromatic rings. The van der Waals surface area contributed by atoms with E-state index < -0.39 is 14.2 Å². The highest BCUT2D eigenvalue weighted by atomic mass is 28.4. The molecule has 0 saturated heterocycles. The molecule has 188 valence electrons. The lowest BCUT2D eigenvalue weighted by Gasteiger charge is -2.41. The van der Waals surface area contributed by atoms with Crippen LogP contribution in [0.2, 0.25) is 18.1 Å². The van der Waals surface area contributed by atoms with Crippen molar-refractivity contribution in [3.63, 3.8) is 0 Å². The maximum atomic E-state index is 13.0. The van der Waals surface area contributed by atoms with Crippen molar-refractivity contribution in [3.05, 3.63) is 71.8 Å². The van der Waals surface area contributed by atoms with Crippen LogP contribution in [0, 0.1) is 5.92 Å². The van der Waals surface area contributed by atoms with E-state index in [1.807, 2.05) is 43.3 Å². The molecule has 0 bridgehead atoms. The third kappa shape index (κ3) is 8.66. The minimum absolute atomic E-state index is 0.0493. The van der Waals surface area contributed by atoms with Crippen LogP contribution in [0.5, 0.6) is 0 Å². The molecule has 5 nitrogen and oxygen atoms in total. The van der Waals surface area contributed by atoms with Crippen molar-refractivity contribution < 1.29 is 18.7 Å². The van der Waals surface area contributed by atoms with Gasteiger partial charge >= 0.3 is 5.97 Å². The zero-order chi connectivity index (χ0) is 25.2. The summed E-state index contributed by atoms with van der Waals surface area (Å²) in [7, 11) is -0.618. The van der Waals surface area contributed by atoms with Crippen LogP contribution in [0.3, 0.4) is 0 Å². The molecule has 34 heavy (non-hydrogen) atoms. The Bertz CT molecular complexity index is 852. The molecule has 0 aliphatic rings. The molecule has 1 N–H and O–H groups in total. The van der Waals surface area contributed by atoms with Crippen LogP contribution in [-0.4, -0.2) is 40.1 Å². The summed E-state index contributed by atoms with van der Waals surface area (Å²) >= 11 is 0. The van der Waals surface area contributed by atoms with Crippen LogP contribution in [0.4, 0.5) is 0 Å². The van der Waals surface area contributed by atoms with Crippen molar-refractivity contribution in [3.8, 4) is 0 Å². The summed E-state index contributed by atoms with van der Waals surface area (Å²) in [5, 5.41) is 3.66. The minimum Gasteiger partial charge on any atom is -0.469 e. The van der Waals surface area contributed by atoms with Crippen LogP contribution in [-0.2, 0) is 31.8 Å². The lowest BCUT2D eigenvalue weighted by Crippen LogP contribution is -2.52. The summed E-state index contributed by atoms with van der Waals surface area (Å²) < 4.78 is 17.9. The first kappa shape index (κ1) is 28.2. The summed E-state index contributed by atoms with van der Waals surface area (Å²) in [4.78, 5) is 13.0. The van der Waals surface area contributed by atoms with Gasteiger partial charge in [0.15, 0.2) is 8.32 Å². The first-order valence-electron chi connectivity index (χ1n) is 12.2. The van der Waals surface area contributed by atoms with Gasteiger partial charge in [-0.2, -0.15) is 0 Å². The standard InChI is InChI=1S/C28H43NO4Si/c1-22(33-34(6,7)28(2,3)4)26(27(30)31-5)25(29-20-23-14-10-8-11-15-23)18-19-32-21-24-16-12-9-13-17-24/h8-17,22,25-26,29H,18-21H2,1-7H3/t22-,25-,26-/m1/s1. The smallest absolute Gasteiger partial charge is 0.312 e. The van der Waals surface area contributed by atoms with Crippen LogP contribution in [0.15, 0.2) is 60.7 Å². The lowest BCUT2D eigenvalue weighted by atomic mass is 9.92. The second-order valence-corrected chi connectivity index (χ2v) is 15.2. The molecule has 0 aliphatic carbocycles. The normalized spacial score (nSPS) is 14.9. The quantitative estimate of drug-likeness (QED) is 0.216. The van der Waals surface area contributed by atoms with Crippen LogP contribution in [0.1, 0.15) is 45.2 Å². The number of ether oxygens (including phenoxy) is 2. The summed E-state index contributed by atoms with van der Waals surface area (Å²) in [6, 6.07) is 20.2. The summed E-state index contributed by atoms with van der Waals surface area (Å²) in [6.07, 6.45) is 0.390. The zero-order valence-electron chi connectivity index (χ0n) is 22.0. The van der Waals surface area contributed by atoms with Gasteiger partial charge < -0.3 is 19.2 Å². The maximum absolute atomic E-state index is 13.0. The lowest BCUT2D eigenvalue weighted by molar-refractivity contribution is -0.150. The highest BCUT2D eigenvalue weighted by molar-refractivity contribution is 6.74. The third-order valence-electron chi connectivity index (χ3n) is 6.80. The average Bonchev–Trinajstić information content (AvgIpc) is 2.80. The summed E-state index contributed by atoms with van der Waals surface area (Å²) in [6.45, 7) is 14.8. The van der Waals surface area contributed by atoms with Crippen molar-refractivity contribution in [2.75, 3.05) is 13.7 Å². The monoisotopic (exact) mass is 485 g/mol. The fraction of sp³-hybridized carbons (Fsp3) is 0.536. The minimum atomic E-state index is -2.07. The number of hydrogen-bond donors (Lipinski definition) is 1. The molecule has 0 aromatic heterocycles. The molecule has 0 aliphatic heterocycles. The Morgan fingerprint density at radius 3 is 2.06 bits per heavy atom. The van der Waals surface area contributed by atoms with Gasteiger partial charge in [0.1, 0.15) is 0 Å². The Hall–Kier alpha value is -1.99. The van der Waals surface area contributed by atoms with E-state index in [4.69, 9.17) is 13.9 Å². The fourth-order valence-corrected chi connectivity index (χ4v) is 5.19. The van der Waals surface area contributed by atoms with Gasteiger partial charge in [-0.25, -0.2) is 0 Å². The molecule has 6 heteroatoms. The van der Waals surface area contributed by atoms with Gasteiger partial charge in [-0.1, -0.05) is 81.4 Å². The maximum Gasteiger partial charge on any atom is 0.312 e. The van der Waals surface area contributed by atoms with E-state index in [1.54, 1.807) is 0 Å². The van der Waals surface area contributed by atoms with Gasteiger partial charge in [-0.05, 0) is 42.6 Å². The van der Waals surface area contributed by atoms with Crippen molar-refractivity contribution in [1.82, 2.24) is 5.32 Å². The fourth-order valence-electron chi connectivity index (χ4n) is 3.76.